The van der Waals surface area contributed by atoms with Crippen molar-refractivity contribution < 1.29 is 14.4 Å². The summed E-state index contributed by atoms with van der Waals surface area (Å²) in [5, 5.41) is 0.903. The van der Waals surface area contributed by atoms with E-state index >= 15 is 0 Å². The lowest BCUT2D eigenvalue weighted by atomic mass is 10.1. The van der Waals surface area contributed by atoms with Crippen LogP contribution in [-0.4, -0.2) is 119 Å². The van der Waals surface area contributed by atoms with Crippen LogP contribution in [-0.2, 0) is 0 Å². The van der Waals surface area contributed by atoms with Crippen LogP contribution in [0.4, 0.5) is 4.79 Å². The number of aromatic nitrogens is 1. The van der Waals surface area contributed by atoms with Crippen molar-refractivity contribution in [3.63, 3.8) is 0 Å². The van der Waals surface area contributed by atoms with Crippen molar-refractivity contribution in [1.29, 1.82) is 0 Å². The van der Waals surface area contributed by atoms with E-state index < -0.39 is 0 Å². The Morgan fingerprint density at radius 2 is 1.28 bits per heavy atom. The van der Waals surface area contributed by atoms with E-state index in [2.05, 4.69) is 37.2 Å². The summed E-state index contributed by atoms with van der Waals surface area (Å²) in [5.41, 5.74) is 2.25. The largest absolute Gasteiger partial charge is 0.336 e. The maximum Gasteiger partial charge on any atom is 0.319 e. The molecule has 0 unspecified atom stereocenters. The van der Waals surface area contributed by atoms with E-state index in [9.17, 15) is 14.4 Å². The Balaban J connectivity index is 1.53. The summed E-state index contributed by atoms with van der Waals surface area (Å²) < 4.78 is 2.06. The first kappa shape index (κ1) is 26.0. The molecule has 2 aliphatic heterocycles. The molecule has 2 saturated heterocycles. The third-order valence-electron chi connectivity index (χ3n) is 7.37. The Kier molecular flexibility index (Phi) is 7.59. The van der Waals surface area contributed by atoms with Crippen LogP contribution >= 0.6 is 0 Å². The first-order chi connectivity index (χ1) is 17.1. The maximum atomic E-state index is 13.6. The van der Waals surface area contributed by atoms with Crippen LogP contribution in [0.2, 0.25) is 0 Å². The standard InChI is InChI=1S/C27H40N6O3/c1-19(2)29-9-11-30(12-10-29)25(34)21-7-8-23-22(17-21)18-24(33(23)20(3)4)26(35)31-13-15-32(16-14-31)27(36)28(5)6/h7-8,17-20H,9-16H2,1-6H3. The van der Waals surface area contributed by atoms with E-state index in [0.717, 1.165) is 37.1 Å². The molecule has 9 nitrogen and oxygen atoms in total. The monoisotopic (exact) mass is 496 g/mol. The van der Waals surface area contributed by atoms with Gasteiger partial charge in [0.05, 0.1) is 0 Å². The number of urea groups is 1. The number of fused-ring (bicyclic) bond motifs is 1. The highest BCUT2D eigenvalue weighted by Gasteiger charge is 2.29. The third-order valence-corrected chi connectivity index (χ3v) is 7.37. The minimum absolute atomic E-state index is 0.0267. The number of rotatable bonds is 4. The molecule has 0 N–H and O–H groups in total. The van der Waals surface area contributed by atoms with Crippen LogP contribution in [0.1, 0.15) is 54.6 Å². The molecule has 36 heavy (non-hydrogen) atoms. The molecule has 196 valence electrons. The molecule has 0 atom stereocenters. The second kappa shape index (κ2) is 10.5. The molecule has 2 aromatic rings. The van der Waals surface area contributed by atoms with Crippen molar-refractivity contribution in [1.82, 2.24) is 29.1 Å². The van der Waals surface area contributed by atoms with Crippen LogP contribution in [0.5, 0.6) is 0 Å². The molecule has 3 heterocycles. The van der Waals surface area contributed by atoms with Crippen molar-refractivity contribution in [2.24, 2.45) is 0 Å². The Hall–Kier alpha value is -3.07. The summed E-state index contributed by atoms with van der Waals surface area (Å²) >= 11 is 0. The summed E-state index contributed by atoms with van der Waals surface area (Å²) in [6.45, 7) is 13.8. The molecule has 0 bridgehead atoms. The summed E-state index contributed by atoms with van der Waals surface area (Å²) in [7, 11) is 3.48. The van der Waals surface area contributed by atoms with Gasteiger partial charge in [0, 0.05) is 95.0 Å². The molecule has 0 saturated carbocycles. The first-order valence-corrected chi connectivity index (χ1v) is 13.0. The number of hydrogen-bond acceptors (Lipinski definition) is 4. The predicted molar refractivity (Wildman–Crippen MR) is 141 cm³/mol. The van der Waals surface area contributed by atoms with Crippen molar-refractivity contribution in [3.8, 4) is 0 Å². The van der Waals surface area contributed by atoms with Crippen LogP contribution < -0.4 is 0 Å². The molecule has 0 spiro atoms. The number of carbonyl (C=O) groups excluding carboxylic acids is 3. The molecule has 9 heteroatoms. The van der Waals surface area contributed by atoms with Crippen molar-refractivity contribution in [2.75, 3.05) is 66.5 Å². The lowest BCUT2D eigenvalue weighted by molar-refractivity contribution is 0.0595. The molecular formula is C27H40N6O3. The number of benzene rings is 1. The second-order valence-corrected chi connectivity index (χ2v) is 10.6. The fourth-order valence-electron chi connectivity index (χ4n) is 5.26. The lowest BCUT2D eigenvalue weighted by Crippen LogP contribution is -2.53. The van der Waals surface area contributed by atoms with Gasteiger partial charge in [-0.2, -0.15) is 0 Å². The molecule has 2 aliphatic rings. The van der Waals surface area contributed by atoms with Crippen LogP contribution in [0.3, 0.4) is 0 Å². The fraction of sp³-hybridized carbons (Fsp3) is 0.593. The number of piperazine rings is 2. The normalized spacial score (nSPS) is 17.4. The lowest BCUT2D eigenvalue weighted by Gasteiger charge is -2.37. The van der Waals surface area contributed by atoms with E-state index in [0.29, 0.717) is 43.5 Å². The van der Waals surface area contributed by atoms with Gasteiger partial charge >= 0.3 is 6.03 Å². The topological polar surface area (TPSA) is 72.3 Å². The van der Waals surface area contributed by atoms with Gasteiger partial charge in [0.2, 0.25) is 0 Å². The van der Waals surface area contributed by atoms with Gasteiger partial charge in [-0.25, -0.2) is 4.79 Å². The molecule has 0 radical (unpaired) electrons. The van der Waals surface area contributed by atoms with Crippen molar-refractivity contribution >= 4 is 28.7 Å². The maximum absolute atomic E-state index is 13.6. The molecule has 1 aromatic carbocycles. The average Bonchev–Trinajstić information content (AvgIpc) is 3.26. The Morgan fingerprint density at radius 1 is 0.722 bits per heavy atom. The fourth-order valence-corrected chi connectivity index (χ4v) is 5.26. The average molecular weight is 497 g/mol. The number of hydrogen-bond donors (Lipinski definition) is 0. The molecular weight excluding hydrogens is 456 g/mol. The van der Waals surface area contributed by atoms with E-state index in [4.69, 9.17) is 0 Å². The van der Waals surface area contributed by atoms with Crippen LogP contribution in [0.25, 0.3) is 10.9 Å². The summed E-state index contributed by atoms with van der Waals surface area (Å²) in [5.74, 6) is 0.0155. The van der Waals surface area contributed by atoms with Gasteiger partial charge in [-0.05, 0) is 52.0 Å². The minimum atomic E-state index is -0.0328. The minimum Gasteiger partial charge on any atom is -0.336 e. The first-order valence-electron chi connectivity index (χ1n) is 13.0. The van der Waals surface area contributed by atoms with Gasteiger partial charge in [-0.1, -0.05) is 0 Å². The summed E-state index contributed by atoms with van der Waals surface area (Å²) in [6.07, 6.45) is 0. The molecule has 0 aliphatic carbocycles. The van der Waals surface area contributed by atoms with Gasteiger partial charge in [-0.3, -0.25) is 14.5 Å². The SMILES string of the molecule is CC(C)N1CCN(C(=O)c2ccc3c(c2)cc(C(=O)N2CCN(C(=O)N(C)C)CC2)n3C(C)C)CC1. The van der Waals surface area contributed by atoms with E-state index in [-0.39, 0.29) is 23.9 Å². The zero-order chi connectivity index (χ0) is 26.1. The zero-order valence-corrected chi connectivity index (χ0v) is 22.5. The smallest absolute Gasteiger partial charge is 0.319 e. The van der Waals surface area contributed by atoms with Gasteiger partial charge in [-0.15, -0.1) is 0 Å². The van der Waals surface area contributed by atoms with E-state index in [1.54, 1.807) is 23.9 Å². The number of amides is 4. The number of nitrogens with zero attached hydrogens (tertiary/aromatic N) is 6. The quantitative estimate of drug-likeness (QED) is 0.653. The van der Waals surface area contributed by atoms with E-state index in [1.807, 2.05) is 34.1 Å². The third kappa shape index (κ3) is 5.07. The van der Waals surface area contributed by atoms with Crippen molar-refractivity contribution in [3.05, 3.63) is 35.5 Å². The second-order valence-electron chi connectivity index (χ2n) is 10.6. The molecule has 1 aromatic heterocycles. The molecule has 4 rings (SSSR count). The summed E-state index contributed by atoms with van der Waals surface area (Å²) in [6, 6.07) is 8.25. The van der Waals surface area contributed by atoms with Crippen LogP contribution in [0.15, 0.2) is 24.3 Å². The Morgan fingerprint density at radius 3 is 1.83 bits per heavy atom. The molecule has 2 fully saturated rings. The predicted octanol–water partition coefficient (Wildman–Crippen LogP) is 2.83. The summed E-state index contributed by atoms with van der Waals surface area (Å²) in [4.78, 5) is 48.6. The highest BCUT2D eigenvalue weighted by atomic mass is 16.2. The van der Waals surface area contributed by atoms with Gasteiger partial charge < -0.3 is 24.2 Å². The van der Waals surface area contributed by atoms with Crippen molar-refractivity contribution in [2.45, 2.75) is 39.8 Å². The van der Waals surface area contributed by atoms with Gasteiger partial charge in [0.1, 0.15) is 5.69 Å². The highest BCUT2D eigenvalue weighted by Crippen LogP contribution is 2.27. The van der Waals surface area contributed by atoms with Crippen LogP contribution in [0, 0.1) is 0 Å². The van der Waals surface area contributed by atoms with Gasteiger partial charge in [0.25, 0.3) is 11.8 Å². The number of carbonyl (C=O) groups is 3. The molecule has 4 amide bonds. The highest BCUT2D eigenvalue weighted by molar-refractivity contribution is 6.02. The zero-order valence-electron chi connectivity index (χ0n) is 22.5. The Bertz CT molecular complexity index is 1120. The Labute approximate surface area is 214 Å². The van der Waals surface area contributed by atoms with Gasteiger partial charge in [0.15, 0.2) is 0 Å². The van der Waals surface area contributed by atoms with E-state index in [1.165, 1.54) is 0 Å².